The third-order valence-corrected chi connectivity index (χ3v) is 4.03. The van der Waals surface area contributed by atoms with Gasteiger partial charge in [0, 0.05) is 26.0 Å². The van der Waals surface area contributed by atoms with Crippen molar-refractivity contribution >= 4 is 38.9 Å². The van der Waals surface area contributed by atoms with Gasteiger partial charge in [-0.15, -0.1) is 11.3 Å². The van der Waals surface area contributed by atoms with Gasteiger partial charge in [0.15, 0.2) is 0 Å². The number of nitrogens with zero attached hydrogens (tertiary/aromatic N) is 2. The monoisotopic (exact) mass is 326 g/mol. The second-order valence-corrected chi connectivity index (χ2v) is 6.10. The molecule has 6 heteroatoms. The molecule has 2 aromatic heterocycles. The number of anilines is 1. The lowest BCUT2D eigenvalue weighted by Crippen LogP contribution is -2.19. The minimum absolute atomic E-state index is 0.217. The molecule has 0 saturated carbocycles. The summed E-state index contributed by atoms with van der Waals surface area (Å²) in [6.07, 6.45) is 2.97. The normalized spacial score (nSPS) is 10.3. The summed E-state index contributed by atoms with van der Waals surface area (Å²) >= 11 is 5.03. The number of hydrogen-bond acceptors (Lipinski definition) is 4. The van der Waals surface area contributed by atoms with Crippen molar-refractivity contribution in [3.63, 3.8) is 0 Å². The van der Waals surface area contributed by atoms with Gasteiger partial charge in [-0.1, -0.05) is 0 Å². The number of rotatable bonds is 4. The minimum Gasteiger partial charge on any atom is -0.478 e. The smallest absolute Gasteiger partial charge is 0.339 e. The number of thiophene rings is 1. The van der Waals surface area contributed by atoms with E-state index in [9.17, 15) is 4.79 Å². The fourth-order valence-electron chi connectivity index (χ4n) is 1.67. The summed E-state index contributed by atoms with van der Waals surface area (Å²) < 4.78 is 1.07. The van der Waals surface area contributed by atoms with E-state index in [0.717, 1.165) is 9.35 Å². The average molecular weight is 327 g/mol. The molecule has 4 nitrogen and oxygen atoms in total. The van der Waals surface area contributed by atoms with Gasteiger partial charge in [-0.3, -0.25) is 4.98 Å². The van der Waals surface area contributed by atoms with Gasteiger partial charge in [-0.2, -0.15) is 0 Å². The minimum atomic E-state index is -0.962. The van der Waals surface area contributed by atoms with Gasteiger partial charge in [0.25, 0.3) is 0 Å². The fraction of sp³-hybridized carbons (Fsp3) is 0.167. The maximum Gasteiger partial charge on any atom is 0.339 e. The van der Waals surface area contributed by atoms with Gasteiger partial charge in [0.05, 0.1) is 9.47 Å². The molecule has 0 unspecified atom stereocenters. The van der Waals surface area contributed by atoms with Crippen LogP contribution >= 0.6 is 27.3 Å². The van der Waals surface area contributed by atoms with Crippen LogP contribution in [0, 0.1) is 0 Å². The molecule has 0 bridgehead atoms. The van der Waals surface area contributed by atoms with E-state index in [0.29, 0.717) is 12.2 Å². The van der Waals surface area contributed by atoms with Gasteiger partial charge < -0.3 is 10.0 Å². The van der Waals surface area contributed by atoms with E-state index in [1.54, 1.807) is 23.6 Å². The van der Waals surface area contributed by atoms with Crippen molar-refractivity contribution in [1.82, 2.24) is 4.98 Å². The van der Waals surface area contributed by atoms with Crippen molar-refractivity contribution in [2.45, 2.75) is 6.54 Å². The molecule has 18 heavy (non-hydrogen) atoms. The maximum atomic E-state index is 11.1. The van der Waals surface area contributed by atoms with E-state index < -0.39 is 5.97 Å². The van der Waals surface area contributed by atoms with Crippen LogP contribution in [0.3, 0.4) is 0 Å². The Kier molecular flexibility index (Phi) is 3.98. The molecule has 94 valence electrons. The van der Waals surface area contributed by atoms with Crippen molar-refractivity contribution in [2.24, 2.45) is 0 Å². The molecular weight excluding hydrogens is 316 g/mol. The summed E-state index contributed by atoms with van der Waals surface area (Å²) in [6, 6.07) is 3.74. The number of carbonyl (C=O) groups is 1. The molecule has 2 heterocycles. The Labute approximate surface area is 117 Å². The SMILES string of the molecule is CN(Cc1csc(Br)c1)c1ccncc1C(=O)O. The largest absolute Gasteiger partial charge is 0.478 e. The van der Waals surface area contributed by atoms with Crippen LogP contribution in [-0.2, 0) is 6.54 Å². The summed E-state index contributed by atoms with van der Waals surface area (Å²) in [5, 5.41) is 11.2. The summed E-state index contributed by atoms with van der Waals surface area (Å²) in [4.78, 5) is 16.9. The topological polar surface area (TPSA) is 53.4 Å². The van der Waals surface area contributed by atoms with E-state index in [1.165, 1.54) is 6.20 Å². The van der Waals surface area contributed by atoms with Crippen LogP contribution < -0.4 is 4.90 Å². The molecule has 0 atom stereocenters. The van der Waals surface area contributed by atoms with Gasteiger partial charge >= 0.3 is 5.97 Å². The first kappa shape index (κ1) is 13.0. The predicted octanol–water partition coefficient (Wildman–Crippen LogP) is 3.24. The molecule has 0 amide bonds. The Morgan fingerprint density at radius 1 is 1.61 bits per heavy atom. The van der Waals surface area contributed by atoms with E-state index in [1.807, 2.05) is 23.4 Å². The molecule has 0 radical (unpaired) electrons. The molecule has 2 aromatic rings. The Morgan fingerprint density at radius 2 is 2.39 bits per heavy atom. The molecule has 0 spiro atoms. The number of hydrogen-bond donors (Lipinski definition) is 1. The quantitative estimate of drug-likeness (QED) is 0.937. The molecule has 0 aliphatic rings. The van der Waals surface area contributed by atoms with E-state index in [-0.39, 0.29) is 5.56 Å². The second-order valence-electron chi connectivity index (χ2n) is 3.81. The van der Waals surface area contributed by atoms with E-state index in [2.05, 4.69) is 20.9 Å². The van der Waals surface area contributed by atoms with Gasteiger partial charge in [0.1, 0.15) is 5.56 Å². The highest BCUT2D eigenvalue weighted by Crippen LogP contribution is 2.24. The van der Waals surface area contributed by atoms with Crippen molar-refractivity contribution < 1.29 is 9.90 Å². The van der Waals surface area contributed by atoms with Crippen LogP contribution in [0.25, 0.3) is 0 Å². The molecule has 0 fully saturated rings. The van der Waals surface area contributed by atoms with Crippen LogP contribution in [0.5, 0.6) is 0 Å². The van der Waals surface area contributed by atoms with Crippen LogP contribution in [0.4, 0.5) is 5.69 Å². The van der Waals surface area contributed by atoms with E-state index in [4.69, 9.17) is 5.11 Å². The Hall–Kier alpha value is -1.40. The maximum absolute atomic E-state index is 11.1. The molecule has 2 rings (SSSR count). The number of aromatic nitrogens is 1. The zero-order valence-electron chi connectivity index (χ0n) is 9.63. The number of carboxylic acid groups (broad SMARTS) is 1. The van der Waals surface area contributed by atoms with Crippen molar-refractivity contribution in [3.8, 4) is 0 Å². The third kappa shape index (κ3) is 2.88. The lowest BCUT2D eigenvalue weighted by molar-refractivity contribution is 0.0697. The molecule has 0 aromatic carbocycles. The van der Waals surface area contributed by atoms with E-state index >= 15 is 0 Å². The zero-order chi connectivity index (χ0) is 13.1. The van der Waals surface area contributed by atoms with Crippen LogP contribution in [0.2, 0.25) is 0 Å². The molecule has 0 saturated heterocycles. The highest BCUT2D eigenvalue weighted by atomic mass is 79.9. The number of aromatic carboxylic acids is 1. The second kappa shape index (κ2) is 5.49. The first-order valence-corrected chi connectivity index (χ1v) is 6.86. The van der Waals surface area contributed by atoms with Gasteiger partial charge in [-0.25, -0.2) is 4.79 Å². The molecule has 0 aliphatic carbocycles. The zero-order valence-corrected chi connectivity index (χ0v) is 12.0. The summed E-state index contributed by atoms with van der Waals surface area (Å²) in [5.74, 6) is -0.962. The van der Waals surface area contributed by atoms with Crippen molar-refractivity contribution in [2.75, 3.05) is 11.9 Å². The summed E-state index contributed by atoms with van der Waals surface area (Å²) in [5.41, 5.74) is 2.02. The highest BCUT2D eigenvalue weighted by Gasteiger charge is 2.13. The lowest BCUT2D eigenvalue weighted by Gasteiger charge is -2.20. The third-order valence-electron chi connectivity index (χ3n) is 2.48. The Bertz CT molecular complexity index is 571. The van der Waals surface area contributed by atoms with Crippen LogP contribution in [-0.4, -0.2) is 23.1 Å². The standard InChI is InChI=1S/C12H11BrN2O2S/c1-15(6-8-4-11(13)18-7-8)10-2-3-14-5-9(10)12(16)17/h2-5,7H,6H2,1H3,(H,16,17). The average Bonchev–Trinajstić information content (AvgIpc) is 2.74. The summed E-state index contributed by atoms with van der Waals surface area (Å²) in [7, 11) is 1.87. The first-order valence-electron chi connectivity index (χ1n) is 5.19. The van der Waals surface area contributed by atoms with Crippen molar-refractivity contribution in [3.05, 3.63) is 44.8 Å². The number of halogens is 1. The van der Waals surface area contributed by atoms with Gasteiger partial charge in [-0.05, 0) is 39.0 Å². The molecule has 1 N–H and O–H groups in total. The Balaban J connectivity index is 2.23. The van der Waals surface area contributed by atoms with Crippen LogP contribution in [0.1, 0.15) is 15.9 Å². The van der Waals surface area contributed by atoms with Crippen LogP contribution in [0.15, 0.2) is 33.7 Å². The number of pyridine rings is 1. The number of carboxylic acids is 1. The Morgan fingerprint density at radius 3 is 3.00 bits per heavy atom. The molecule has 0 aliphatic heterocycles. The van der Waals surface area contributed by atoms with Gasteiger partial charge in [0.2, 0.25) is 0 Å². The van der Waals surface area contributed by atoms with Crippen molar-refractivity contribution in [1.29, 1.82) is 0 Å². The molecular formula is C12H11BrN2O2S. The summed E-state index contributed by atoms with van der Waals surface area (Å²) in [6.45, 7) is 0.659. The first-order chi connectivity index (χ1) is 8.58. The highest BCUT2D eigenvalue weighted by molar-refractivity contribution is 9.11. The lowest BCUT2D eigenvalue weighted by atomic mass is 10.2. The fourth-order valence-corrected chi connectivity index (χ4v) is 2.87. The predicted molar refractivity (Wildman–Crippen MR) is 75.3 cm³/mol.